The van der Waals surface area contributed by atoms with Gasteiger partial charge in [0.15, 0.2) is 0 Å². The van der Waals surface area contributed by atoms with E-state index in [0.29, 0.717) is 30.3 Å². The number of benzene rings is 1. The minimum absolute atomic E-state index is 0.0292. The molecule has 0 bridgehead atoms. The molecule has 2 aromatic rings. The van der Waals surface area contributed by atoms with Crippen LogP contribution in [0.2, 0.25) is 0 Å². The Morgan fingerprint density at radius 2 is 1.82 bits per heavy atom. The van der Waals surface area contributed by atoms with Crippen molar-refractivity contribution in [1.82, 2.24) is 15.0 Å². The smallest absolute Gasteiger partial charge is 0.226 e. The van der Waals surface area contributed by atoms with Gasteiger partial charge in [0.05, 0.1) is 12.1 Å². The number of ketones is 1. The van der Waals surface area contributed by atoms with Crippen molar-refractivity contribution in [2.45, 2.75) is 71.9 Å². The predicted octanol–water partition coefficient (Wildman–Crippen LogP) is 4.01. The van der Waals surface area contributed by atoms with Crippen LogP contribution in [-0.2, 0) is 29.0 Å². The number of carbonyl (C=O) groups is 2. The molecule has 2 heterocycles. The second-order valence-corrected chi connectivity index (χ2v) is 9.77. The first-order chi connectivity index (χ1) is 15.8. The van der Waals surface area contributed by atoms with Crippen LogP contribution < -0.4 is 0 Å². The lowest BCUT2D eigenvalue weighted by Crippen LogP contribution is -2.54. The van der Waals surface area contributed by atoms with E-state index in [9.17, 15) is 14.0 Å². The van der Waals surface area contributed by atoms with Gasteiger partial charge in [-0.2, -0.15) is 0 Å². The number of hydrogen-bond donors (Lipinski definition) is 0. The normalized spacial score (nSPS) is 19.9. The number of carbonyl (C=O) groups excluding carboxylic acids is 2. The molecule has 2 aliphatic rings. The van der Waals surface area contributed by atoms with Crippen molar-refractivity contribution in [2.75, 3.05) is 19.6 Å². The molecule has 1 amide bonds. The zero-order valence-electron chi connectivity index (χ0n) is 19.9. The number of aryl methyl sites for hydroxylation is 1. The summed E-state index contributed by atoms with van der Waals surface area (Å²) in [5, 5.41) is 3.81. The lowest BCUT2D eigenvalue weighted by molar-refractivity contribution is -0.140. The molecule has 0 radical (unpaired) electrons. The molecule has 0 N–H and O–H groups in total. The van der Waals surface area contributed by atoms with Gasteiger partial charge in [-0.25, -0.2) is 4.39 Å². The van der Waals surface area contributed by atoms with E-state index in [1.54, 1.807) is 12.1 Å². The van der Waals surface area contributed by atoms with Crippen molar-refractivity contribution in [2.24, 2.45) is 5.92 Å². The van der Waals surface area contributed by atoms with Crippen LogP contribution in [0.1, 0.15) is 60.8 Å². The first-order valence-corrected chi connectivity index (χ1v) is 12.0. The minimum atomic E-state index is -0.322. The van der Waals surface area contributed by atoms with Crippen molar-refractivity contribution in [3.8, 4) is 0 Å². The largest absolute Gasteiger partial charge is 0.361 e. The Kier molecular flexibility index (Phi) is 7.27. The highest BCUT2D eigenvalue weighted by Crippen LogP contribution is 2.28. The summed E-state index contributed by atoms with van der Waals surface area (Å²) in [7, 11) is 0. The molecule has 178 valence electrons. The molecule has 0 spiro atoms. The lowest BCUT2D eigenvalue weighted by atomic mass is 9.96. The third-order valence-corrected chi connectivity index (χ3v) is 7.12. The van der Waals surface area contributed by atoms with Gasteiger partial charge < -0.3 is 9.42 Å². The number of rotatable bonds is 7. The SMILES string of the molecule is Cc1cc(CC(=O)Cc2cc(F)cc(CN3CCN(C(=O)C4CCCC4)[C@@H](C)C3)c2C)on1. The van der Waals surface area contributed by atoms with Gasteiger partial charge >= 0.3 is 0 Å². The maximum absolute atomic E-state index is 14.4. The molecule has 0 unspecified atom stereocenters. The summed E-state index contributed by atoms with van der Waals surface area (Å²) in [5.74, 6) is 0.691. The molecule has 4 rings (SSSR count). The fourth-order valence-corrected chi connectivity index (χ4v) is 5.27. The minimum Gasteiger partial charge on any atom is -0.361 e. The van der Waals surface area contributed by atoms with Crippen molar-refractivity contribution < 1.29 is 18.5 Å². The fourth-order valence-electron chi connectivity index (χ4n) is 5.27. The van der Waals surface area contributed by atoms with Crippen LogP contribution in [0.5, 0.6) is 0 Å². The van der Waals surface area contributed by atoms with Crippen LogP contribution in [0.3, 0.4) is 0 Å². The summed E-state index contributed by atoms with van der Waals surface area (Å²) >= 11 is 0. The van der Waals surface area contributed by atoms with Crippen LogP contribution >= 0.6 is 0 Å². The quantitative estimate of drug-likeness (QED) is 0.631. The van der Waals surface area contributed by atoms with Crippen molar-refractivity contribution in [3.05, 3.63) is 52.2 Å². The van der Waals surface area contributed by atoms with Gasteiger partial charge in [-0.3, -0.25) is 14.5 Å². The van der Waals surface area contributed by atoms with Crippen LogP contribution in [0.4, 0.5) is 4.39 Å². The maximum Gasteiger partial charge on any atom is 0.226 e. The molecule has 1 aromatic heterocycles. The van der Waals surface area contributed by atoms with Gasteiger partial charge in [-0.05, 0) is 62.4 Å². The van der Waals surface area contributed by atoms with Gasteiger partial charge in [0.2, 0.25) is 5.91 Å². The molecule has 33 heavy (non-hydrogen) atoms. The number of aromatic nitrogens is 1. The number of halogens is 1. The maximum atomic E-state index is 14.4. The molecular formula is C26H34FN3O3. The van der Waals surface area contributed by atoms with E-state index in [-0.39, 0.29) is 36.4 Å². The second-order valence-electron chi connectivity index (χ2n) is 9.77. The van der Waals surface area contributed by atoms with Crippen molar-refractivity contribution in [1.29, 1.82) is 0 Å². The van der Waals surface area contributed by atoms with Crippen LogP contribution in [0.15, 0.2) is 22.7 Å². The molecule has 7 heteroatoms. The molecule has 1 aliphatic heterocycles. The van der Waals surface area contributed by atoms with Gasteiger partial charge in [-0.1, -0.05) is 18.0 Å². The first kappa shape index (κ1) is 23.6. The molecule has 2 fully saturated rings. The molecular weight excluding hydrogens is 421 g/mol. The van der Waals surface area contributed by atoms with Crippen LogP contribution in [-0.4, -0.2) is 52.3 Å². The summed E-state index contributed by atoms with van der Waals surface area (Å²) < 4.78 is 19.6. The van der Waals surface area contributed by atoms with E-state index in [0.717, 1.165) is 55.6 Å². The van der Waals surface area contributed by atoms with E-state index in [1.807, 2.05) is 18.7 Å². The lowest BCUT2D eigenvalue weighted by Gasteiger charge is -2.41. The Morgan fingerprint density at radius 3 is 2.48 bits per heavy atom. The number of amides is 1. The average molecular weight is 456 g/mol. The third kappa shape index (κ3) is 5.69. The van der Waals surface area contributed by atoms with Crippen LogP contribution in [0, 0.1) is 25.6 Å². The van der Waals surface area contributed by atoms with Gasteiger partial charge in [-0.15, -0.1) is 0 Å². The molecule has 1 saturated carbocycles. The topological polar surface area (TPSA) is 66.7 Å². The number of piperazine rings is 1. The zero-order valence-corrected chi connectivity index (χ0v) is 19.9. The number of nitrogens with zero attached hydrogens (tertiary/aromatic N) is 3. The van der Waals surface area contributed by atoms with E-state index < -0.39 is 0 Å². The summed E-state index contributed by atoms with van der Waals surface area (Å²) in [6, 6.07) is 4.93. The fraction of sp³-hybridized carbons (Fsp3) is 0.577. The van der Waals surface area contributed by atoms with E-state index in [1.165, 1.54) is 6.07 Å². The predicted molar refractivity (Wildman–Crippen MR) is 123 cm³/mol. The summed E-state index contributed by atoms with van der Waals surface area (Å²) in [6.07, 6.45) is 4.67. The Balaban J connectivity index is 1.38. The third-order valence-electron chi connectivity index (χ3n) is 7.12. The Labute approximate surface area is 195 Å². The van der Waals surface area contributed by atoms with E-state index in [4.69, 9.17) is 4.52 Å². The zero-order chi connectivity index (χ0) is 23.5. The number of hydrogen-bond acceptors (Lipinski definition) is 5. The van der Waals surface area contributed by atoms with Gasteiger partial charge in [0.25, 0.3) is 0 Å². The Morgan fingerprint density at radius 1 is 1.09 bits per heavy atom. The van der Waals surface area contributed by atoms with E-state index in [2.05, 4.69) is 17.0 Å². The summed E-state index contributed by atoms with van der Waals surface area (Å²) in [6.45, 7) is 8.75. The average Bonchev–Trinajstić information content (AvgIpc) is 3.43. The van der Waals surface area contributed by atoms with Gasteiger partial charge in [0.1, 0.15) is 17.4 Å². The molecule has 1 aliphatic carbocycles. The molecule has 1 atom stereocenters. The summed E-state index contributed by atoms with van der Waals surface area (Å²) in [4.78, 5) is 29.7. The Hall–Kier alpha value is -2.54. The Bertz CT molecular complexity index is 1010. The van der Waals surface area contributed by atoms with E-state index >= 15 is 0 Å². The van der Waals surface area contributed by atoms with Crippen molar-refractivity contribution in [3.63, 3.8) is 0 Å². The number of Topliss-reactive ketones (excluding diaryl/α,β-unsaturated/α-hetero) is 1. The molecule has 1 saturated heterocycles. The monoisotopic (exact) mass is 455 g/mol. The highest BCUT2D eigenvalue weighted by atomic mass is 19.1. The highest BCUT2D eigenvalue weighted by molar-refractivity contribution is 5.83. The van der Waals surface area contributed by atoms with Gasteiger partial charge in [0, 0.05) is 50.6 Å². The summed E-state index contributed by atoms with van der Waals surface area (Å²) in [5.41, 5.74) is 3.31. The molecule has 6 nitrogen and oxygen atoms in total. The first-order valence-electron chi connectivity index (χ1n) is 12.0. The van der Waals surface area contributed by atoms with Crippen LogP contribution in [0.25, 0.3) is 0 Å². The highest BCUT2D eigenvalue weighted by Gasteiger charge is 2.33. The standard InChI is InChI=1S/C26H34FN3O3/c1-17-10-25(33-28-17)14-24(31)13-21-11-23(27)12-22(19(21)3)16-29-8-9-30(18(2)15-29)26(32)20-6-4-5-7-20/h10-12,18,20H,4-9,13-16H2,1-3H3/t18-/m0/s1. The van der Waals surface area contributed by atoms with Crippen molar-refractivity contribution >= 4 is 11.7 Å². The second kappa shape index (κ2) is 10.2. The molecule has 1 aromatic carbocycles.